The molecule has 1 aromatic rings. The van der Waals surface area contributed by atoms with E-state index in [0.717, 1.165) is 26.2 Å². The summed E-state index contributed by atoms with van der Waals surface area (Å²) in [5.41, 5.74) is 1.31. The van der Waals surface area contributed by atoms with E-state index in [1.807, 2.05) is 10.6 Å². The van der Waals surface area contributed by atoms with Gasteiger partial charge >= 0.3 is 0 Å². The molecule has 3 heterocycles. The molecule has 0 aliphatic carbocycles. The lowest BCUT2D eigenvalue weighted by atomic mass is 9.83. The van der Waals surface area contributed by atoms with Gasteiger partial charge in [-0.25, -0.2) is 0 Å². The first-order valence-corrected chi connectivity index (χ1v) is 6.57. The molecule has 2 unspecified atom stereocenters. The maximum absolute atomic E-state index is 11.9. The fraction of sp³-hybridized carbons (Fsp3) is 0.571. The number of aromatic nitrogens is 1. The van der Waals surface area contributed by atoms with E-state index in [0.29, 0.717) is 18.3 Å². The summed E-state index contributed by atoms with van der Waals surface area (Å²) in [5, 5.41) is 8.67. The van der Waals surface area contributed by atoms with E-state index in [4.69, 9.17) is 5.26 Å². The Labute approximate surface area is 106 Å². The minimum Gasteiger partial charge on any atom is -0.312 e. The number of rotatable bonds is 2. The van der Waals surface area contributed by atoms with Gasteiger partial charge in [0.2, 0.25) is 0 Å². The summed E-state index contributed by atoms with van der Waals surface area (Å²) in [6.07, 6.45) is 1.79. The summed E-state index contributed by atoms with van der Waals surface area (Å²) in [6, 6.07) is 7.81. The van der Waals surface area contributed by atoms with Crippen LogP contribution in [0.2, 0.25) is 0 Å². The number of nitriles is 1. The first-order chi connectivity index (χ1) is 8.78. The minimum absolute atomic E-state index is 0.132. The predicted molar refractivity (Wildman–Crippen MR) is 68.2 cm³/mol. The fourth-order valence-corrected chi connectivity index (χ4v) is 3.39. The molecule has 3 rings (SSSR count). The molecule has 94 valence electrons. The van der Waals surface area contributed by atoms with Crippen LogP contribution in [0.15, 0.2) is 23.0 Å². The second kappa shape index (κ2) is 4.58. The molecule has 2 aliphatic heterocycles. The molecule has 0 N–H and O–H groups in total. The zero-order chi connectivity index (χ0) is 12.5. The van der Waals surface area contributed by atoms with E-state index in [1.165, 1.54) is 12.1 Å². The van der Waals surface area contributed by atoms with Crippen LogP contribution in [0.5, 0.6) is 0 Å². The Morgan fingerprint density at radius 3 is 3.06 bits per heavy atom. The van der Waals surface area contributed by atoms with Crippen molar-refractivity contribution in [2.75, 3.05) is 19.6 Å². The minimum atomic E-state index is 0.132. The van der Waals surface area contributed by atoms with Crippen LogP contribution in [-0.4, -0.2) is 29.1 Å². The van der Waals surface area contributed by atoms with Gasteiger partial charge < -0.3 is 9.47 Å². The van der Waals surface area contributed by atoms with Gasteiger partial charge in [-0.3, -0.25) is 4.79 Å². The van der Waals surface area contributed by atoms with Gasteiger partial charge in [-0.2, -0.15) is 5.26 Å². The SMILES string of the molecule is N#CCCN1CC2CC(C1)c1cccc(=O)n1C2. The summed E-state index contributed by atoms with van der Waals surface area (Å²) < 4.78 is 1.94. The monoisotopic (exact) mass is 243 g/mol. The molecule has 4 heteroatoms. The van der Waals surface area contributed by atoms with E-state index in [1.54, 1.807) is 6.07 Å². The smallest absolute Gasteiger partial charge is 0.250 e. The average molecular weight is 243 g/mol. The third-order valence-electron chi connectivity index (χ3n) is 4.10. The number of piperidine rings is 1. The Kier molecular flexibility index (Phi) is 2.92. The third-order valence-corrected chi connectivity index (χ3v) is 4.10. The topological polar surface area (TPSA) is 49.0 Å². The first-order valence-electron chi connectivity index (χ1n) is 6.57. The lowest BCUT2D eigenvalue weighted by molar-refractivity contribution is 0.122. The van der Waals surface area contributed by atoms with Crippen molar-refractivity contribution < 1.29 is 0 Å². The number of hydrogen-bond acceptors (Lipinski definition) is 3. The second-order valence-electron chi connectivity index (χ2n) is 5.37. The van der Waals surface area contributed by atoms with E-state index in [9.17, 15) is 4.79 Å². The first kappa shape index (κ1) is 11.5. The number of nitrogens with zero attached hydrogens (tertiary/aromatic N) is 3. The van der Waals surface area contributed by atoms with Gasteiger partial charge in [0.1, 0.15) is 0 Å². The lowest BCUT2D eigenvalue weighted by Crippen LogP contribution is -2.47. The Morgan fingerprint density at radius 2 is 2.22 bits per heavy atom. The molecule has 4 nitrogen and oxygen atoms in total. The van der Waals surface area contributed by atoms with Gasteiger partial charge in [0.25, 0.3) is 5.56 Å². The molecular formula is C14H17N3O. The van der Waals surface area contributed by atoms with Crippen LogP contribution in [0.4, 0.5) is 0 Å². The Balaban J connectivity index is 1.86. The lowest BCUT2D eigenvalue weighted by Gasteiger charge is -2.42. The molecular weight excluding hydrogens is 226 g/mol. The maximum Gasteiger partial charge on any atom is 0.250 e. The van der Waals surface area contributed by atoms with Crippen molar-refractivity contribution in [3.05, 3.63) is 34.2 Å². The average Bonchev–Trinajstić information content (AvgIpc) is 2.38. The summed E-state index contributed by atoms with van der Waals surface area (Å²) in [6.45, 7) is 3.72. The standard InChI is InChI=1S/C14H17N3O/c15-5-2-6-16-8-11-7-12(10-16)13-3-1-4-14(18)17(13)9-11/h1,3-4,11-12H,2,6-10H2. The van der Waals surface area contributed by atoms with Crippen molar-refractivity contribution in [3.8, 4) is 6.07 Å². The molecule has 0 saturated carbocycles. The highest BCUT2D eigenvalue weighted by molar-refractivity contribution is 5.16. The molecule has 0 spiro atoms. The predicted octanol–water partition coefficient (Wildman–Crippen LogP) is 1.18. The number of fused-ring (bicyclic) bond motifs is 4. The Morgan fingerprint density at radius 1 is 1.33 bits per heavy atom. The number of hydrogen-bond donors (Lipinski definition) is 0. The Bertz CT molecular complexity index is 543. The van der Waals surface area contributed by atoms with Crippen LogP contribution < -0.4 is 5.56 Å². The molecule has 1 saturated heterocycles. The number of likely N-dealkylation sites (tertiary alicyclic amines) is 1. The zero-order valence-electron chi connectivity index (χ0n) is 10.4. The van der Waals surface area contributed by atoms with Crippen molar-refractivity contribution in [1.82, 2.24) is 9.47 Å². The van der Waals surface area contributed by atoms with Crippen molar-refractivity contribution in [2.45, 2.75) is 25.3 Å². The summed E-state index contributed by atoms with van der Waals surface area (Å²) in [5.74, 6) is 1.03. The van der Waals surface area contributed by atoms with Gasteiger partial charge in [0.15, 0.2) is 0 Å². The van der Waals surface area contributed by atoms with Crippen molar-refractivity contribution in [3.63, 3.8) is 0 Å². The van der Waals surface area contributed by atoms with Crippen LogP contribution in [0.1, 0.15) is 24.5 Å². The van der Waals surface area contributed by atoms with Gasteiger partial charge in [-0.15, -0.1) is 0 Å². The molecule has 2 atom stereocenters. The van der Waals surface area contributed by atoms with Crippen molar-refractivity contribution in [1.29, 1.82) is 5.26 Å². The highest BCUT2D eigenvalue weighted by Crippen LogP contribution is 2.34. The largest absolute Gasteiger partial charge is 0.312 e. The van der Waals surface area contributed by atoms with E-state index < -0.39 is 0 Å². The third kappa shape index (κ3) is 1.95. The molecule has 2 bridgehead atoms. The summed E-state index contributed by atoms with van der Waals surface area (Å²) in [7, 11) is 0. The highest BCUT2D eigenvalue weighted by Gasteiger charge is 2.33. The summed E-state index contributed by atoms with van der Waals surface area (Å²) in [4.78, 5) is 14.2. The quantitative estimate of drug-likeness (QED) is 0.783. The molecule has 0 amide bonds. The van der Waals surface area contributed by atoms with E-state index in [-0.39, 0.29) is 5.56 Å². The Hall–Kier alpha value is -1.60. The second-order valence-corrected chi connectivity index (χ2v) is 5.37. The van der Waals surface area contributed by atoms with Crippen molar-refractivity contribution in [2.24, 2.45) is 5.92 Å². The zero-order valence-corrected chi connectivity index (χ0v) is 10.4. The normalized spacial score (nSPS) is 26.4. The van der Waals surface area contributed by atoms with Crippen LogP contribution in [0.25, 0.3) is 0 Å². The van der Waals surface area contributed by atoms with Crippen LogP contribution in [-0.2, 0) is 6.54 Å². The van der Waals surface area contributed by atoms with E-state index in [2.05, 4.69) is 17.0 Å². The van der Waals surface area contributed by atoms with Crippen LogP contribution in [0.3, 0.4) is 0 Å². The molecule has 0 radical (unpaired) electrons. The maximum atomic E-state index is 11.9. The van der Waals surface area contributed by atoms with Crippen LogP contribution in [0, 0.1) is 17.2 Å². The van der Waals surface area contributed by atoms with Gasteiger partial charge in [0.05, 0.1) is 6.07 Å². The highest BCUT2D eigenvalue weighted by atomic mass is 16.1. The molecule has 18 heavy (non-hydrogen) atoms. The molecule has 1 fully saturated rings. The molecule has 1 aromatic heterocycles. The number of pyridine rings is 1. The summed E-state index contributed by atoms with van der Waals surface area (Å²) >= 11 is 0. The van der Waals surface area contributed by atoms with Crippen molar-refractivity contribution >= 4 is 0 Å². The van der Waals surface area contributed by atoms with Crippen LogP contribution >= 0.6 is 0 Å². The van der Waals surface area contributed by atoms with E-state index >= 15 is 0 Å². The molecule has 0 aromatic carbocycles. The molecule has 2 aliphatic rings. The fourth-order valence-electron chi connectivity index (χ4n) is 3.39. The van der Waals surface area contributed by atoms with Gasteiger partial charge in [-0.1, -0.05) is 6.07 Å². The van der Waals surface area contributed by atoms with Gasteiger partial charge in [0, 0.05) is 50.3 Å². The van der Waals surface area contributed by atoms with Gasteiger partial charge in [-0.05, 0) is 18.4 Å².